The fourth-order valence-corrected chi connectivity index (χ4v) is 1.54. The lowest BCUT2D eigenvalue weighted by molar-refractivity contribution is 0.456. The van der Waals surface area contributed by atoms with Crippen LogP contribution in [0.5, 0.6) is 11.6 Å². The number of benzene rings is 1. The minimum atomic E-state index is 0.415. The Balaban J connectivity index is 2.34. The molecule has 1 heterocycles. The summed E-state index contributed by atoms with van der Waals surface area (Å²) in [5.41, 5.74) is 7.85. The second-order valence-corrected chi connectivity index (χ2v) is 4.05. The fraction of sp³-hybridized carbons (Fsp3) is 0.231. The van der Waals surface area contributed by atoms with Crippen molar-refractivity contribution < 1.29 is 4.74 Å². The van der Waals surface area contributed by atoms with Crippen molar-refractivity contribution in [3.63, 3.8) is 0 Å². The van der Waals surface area contributed by atoms with Gasteiger partial charge in [-0.1, -0.05) is 12.1 Å². The van der Waals surface area contributed by atoms with Gasteiger partial charge in [0.05, 0.1) is 0 Å². The number of anilines is 1. The van der Waals surface area contributed by atoms with Crippen LogP contribution in [0.15, 0.2) is 24.3 Å². The third-order valence-corrected chi connectivity index (χ3v) is 2.39. The number of aryl methyl sites for hydroxylation is 3. The van der Waals surface area contributed by atoms with Gasteiger partial charge in [0.1, 0.15) is 17.4 Å². The molecular weight excluding hydrogens is 214 g/mol. The summed E-state index contributed by atoms with van der Waals surface area (Å²) in [5, 5.41) is 0. The summed E-state index contributed by atoms with van der Waals surface area (Å²) in [6.45, 7) is 5.80. The lowest BCUT2D eigenvalue weighted by Crippen LogP contribution is -1.98. The third kappa shape index (κ3) is 2.72. The summed E-state index contributed by atoms with van der Waals surface area (Å²) in [6, 6.07) is 7.65. The summed E-state index contributed by atoms with van der Waals surface area (Å²) in [4.78, 5) is 8.19. The molecule has 0 amide bonds. The van der Waals surface area contributed by atoms with Crippen LogP contribution in [-0.4, -0.2) is 9.97 Å². The zero-order chi connectivity index (χ0) is 12.4. The Bertz CT molecular complexity index is 532. The average Bonchev–Trinajstić information content (AvgIpc) is 2.22. The second kappa shape index (κ2) is 4.41. The van der Waals surface area contributed by atoms with Crippen molar-refractivity contribution >= 4 is 5.82 Å². The number of nitrogen functional groups attached to an aromatic ring is 1. The van der Waals surface area contributed by atoms with Crippen LogP contribution < -0.4 is 10.5 Å². The van der Waals surface area contributed by atoms with E-state index in [1.54, 1.807) is 13.0 Å². The van der Waals surface area contributed by atoms with Crippen molar-refractivity contribution in [3.8, 4) is 11.6 Å². The van der Waals surface area contributed by atoms with Crippen LogP contribution in [0.25, 0.3) is 0 Å². The van der Waals surface area contributed by atoms with Crippen LogP contribution in [0.1, 0.15) is 17.0 Å². The molecule has 0 aliphatic heterocycles. The van der Waals surface area contributed by atoms with Gasteiger partial charge in [0.15, 0.2) is 0 Å². The highest BCUT2D eigenvalue weighted by Gasteiger charge is 2.05. The van der Waals surface area contributed by atoms with Crippen LogP contribution in [0.4, 0.5) is 5.82 Å². The predicted molar refractivity (Wildman–Crippen MR) is 67.2 cm³/mol. The molecule has 17 heavy (non-hydrogen) atoms. The largest absolute Gasteiger partial charge is 0.439 e. The van der Waals surface area contributed by atoms with E-state index in [9.17, 15) is 0 Å². The minimum absolute atomic E-state index is 0.415. The number of rotatable bonds is 2. The van der Waals surface area contributed by atoms with Crippen molar-refractivity contribution in [2.45, 2.75) is 20.8 Å². The Hall–Kier alpha value is -2.10. The molecule has 0 bridgehead atoms. The molecule has 0 unspecified atom stereocenters. The van der Waals surface area contributed by atoms with Gasteiger partial charge < -0.3 is 10.5 Å². The average molecular weight is 229 g/mol. The van der Waals surface area contributed by atoms with E-state index in [4.69, 9.17) is 10.5 Å². The number of hydrogen-bond acceptors (Lipinski definition) is 4. The van der Waals surface area contributed by atoms with E-state index in [1.165, 1.54) is 0 Å². The van der Waals surface area contributed by atoms with E-state index >= 15 is 0 Å². The van der Waals surface area contributed by atoms with Gasteiger partial charge in [0.2, 0.25) is 5.88 Å². The third-order valence-electron chi connectivity index (χ3n) is 2.39. The number of hydrogen-bond donors (Lipinski definition) is 1. The second-order valence-electron chi connectivity index (χ2n) is 4.05. The Labute approximate surface area is 100 Å². The quantitative estimate of drug-likeness (QED) is 0.860. The maximum absolute atomic E-state index is 5.72. The number of aromatic nitrogens is 2. The maximum atomic E-state index is 5.72. The van der Waals surface area contributed by atoms with Gasteiger partial charge in [-0.05, 0) is 38.0 Å². The standard InChI is InChI=1S/C13H15N3O/c1-8-4-5-9(2)11(6-8)17-13-7-12(14)15-10(3)16-13/h4-7H,1-3H3,(H2,14,15,16). The molecule has 4 nitrogen and oxygen atoms in total. The van der Waals surface area contributed by atoms with E-state index in [2.05, 4.69) is 9.97 Å². The summed E-state index contributed by atoms with van der Waals surface area (Å²) in [5.74, 6) is 2.29. The van der Waals surface area contributed by atoms with Crippen molar-refractivity contribution in [1.82, 2.24) is 9.97 Å². The van der Waals surface area contributed by atoms with Gasteiger partial charge in [0.25, 0.3) is 0 Å². The zero-order valence-corrected chi connectivity index (χ0v) is 10.2. The normalized spacial score (nSPS) is 10.3. The molecule has 0 atom stereocenters. The van der Waals surface area contributed by atoms with Gasteiger partial charge in [-0.25, -0.2) is 4.98 Å². The molecule has 2 aromatic rings. The molecule has 0 aliphatic rings. The van der Waals surface area contributed by atoms with Crippen LogP contribution in [0.3, 0.4) is 0 Å². The molecule has 0 fully saturated rings. The van der Waals surface area contributed by atoms with Gasteiger partial charge in [-0.3, -0.25) is 0 Å². The molecule has 0 radical (unpaired) electrons. The molecule has 88 valence electrons. The highest BCUT2D eigenvalue weighted by Crippen LogP contribution is 2.25. The molecular formula is C13H15N3O. The summed E-state index contributed by atoms with van der Waals surface area (Å²) in [7, 11) is 0. The molecule has 2 N–H and O–H groups in total. The molecule has 0 saturated carbocycles. The Morgan fingerprint density at radius 1 is 1.06 bits per heavy atom. The molecule has 0 spiro atoms. The van der Waals surface area contributed by atoms with Crippen LogP contribution in [0.2, 0.25) is 0 Å². The highest BCUT2D eigenvalue weighted by molar-refractivity contribution is 5.40. The summed E-state index contributed by atoms with van der Waals surface area (Å²) >= 11 is 0. The minimum Gasteiger partial charge on any atom is -0.439 e. The molecule has 0 aliphatic carbocycles. The lowest BCUT2D eigenvalue weighted by atomic mass is 10.1. The Morgan fingerprint density at radius 3 is 2.53 bits per heavy atom. The van der Waals surface area contributed by atoms with Gasteiger partial charge in [-0.15, -0.1) is 0 Å². The first-order valence-corrected chi connectivity index (χ1v) is 5.41. The van der Waals surface area contributed by atoms with Crippen molar-refractivity contribution in [3.05, 3.63) is 41.2 Å². The van der Waals surface area contributed by atoms with Crippen molar-refractivity contribution in [2.75, 3.05) is 5.73 Å². The maximum Gasteiger partial charge on any atom is 0.224 e. The van der Waals surface area contributed by atoms with Crippen LogP contribution in [-0.2, 0) is 0 Å². The van der Waals surface area contributed by atoms with E-state index in [-0.39, 0.29) is 0 Å². The first kappa shape index (κ1) is 11.4. The molecule has 1 aromatic carbocycles. The topological polar surface area (TPSA) is 61.0 Å². The van der Waals surface area contributed by atoms with Crippen LogP contribution >= 0.6 is 0 Å². The summed E-state index contributed by atoms with van der Waals surface area (Å²) in [6.07, 6.45) is 0. The SMILES string of the molecule is Cc1ccc(C)c(Oc2cc(N)nc(C)n2)c1. The number of ether oxygens (including phenoxy) is 1. The van der Waals surface area contributed by atoms with Gasteiger partial charge >= 0.3 is 0 Å². The summed E-state index contributed by atoms with van der Waals surface area (Å²) < 4.78 is 5.72. The first-order valence-electron chi connectivity index (χ1n) is 5.41. The van der Waals surface area contributed by atoms with Crippen LogP contribution in [0, 0.1) is 20.8 Å². The Kier molecular flexibility index (Phi) is 2.95. The fourth-order valence-electron chi connectivity index (χ4n) is 1.54. The smallest absolute Gasteiger partial charge is 0.224 e. The van der Waals surface area contributed by atoms with E-state index in [0.29, 0.717) is 17.5 Å². The zero-order valence-electron chi connectivity index (χ0n) is 10.2. The highest BCUT2D eigenvalue weighted by atomic mass is 16.5. The van der Waals surface area contributed by atoms with E-state index in [1.807, 2.05) is 32.0 Å². The van der Waals surface area contributed by atoms with E-state index in [0.717, 1.165) is 16.9 Å². The monoisotopic (exact) mass is 229 g/mol. The molecule has 1 aromatic heterocycles. The first-order chi connectivity index (χ1) is 8.04. The van der Waals surface area contributed by atoms with E-state index < -0.39 is 0 Å². The Morgan fingerprint density at radius 2 is 1.82 bits per heavy atom. The number of nitrogens with zero attached hydrogens (tertiary/aromatic N) is 2. The van der Waals surface area contributed by atoms with Crippen molar-refractivity contribution in [2.24, 2.45) is 0 Å². The number of nitrogens with two attached hydrogens (primary N) is 1. The van der Waals surface area contributed by atoms with Crippen molar-refractivity contribution in [1.29, 1.82) is 0 Å². The lowest BCUT2D eigenvalue weighted by Gasteiger charge is -2.09. The van der Waals surface area contributed by atoms with Gasteiger partial charge in [-0.2, -0.15) is 4.98 Å². The van der Waals surface area contributed by atoms with Gasteiger partial charge in [0, 0.05) is 6.07 Å². The molecule has 2 rings (SSSR count). The molecule has 0 saturated heterocycles. The predicted octanol–water partition coefficient (Wildman–Crippen LogP) is 2.78. The molecule has 4 heteroatoms.